The topological polar surface area (TPSA) is 112 Å². The SMILES string of the molecule is COC(=O)c1ccc([N+](=O)[O-])c(OCCO)n1. The van der Waals surface area contributed by atoms with E-state index in [2.05, 4.69) is 9.72 Å². The first kappa shape index (κ1) is 12.8. The van der Waals surface area contributed by atoms with E-state index in [1.807, 2.05) is 0 Å². The Morgan fingerprint density at radius 2 is 2.29 bits per heavy atom. The van der Waals surface area contributed by atoms with Crippen LogP contribution in [0.25, 0.3) is 0 Å². The smallest absolute Gasteiger partial charge is 0.356 e. The predicted octanol–water partition coefficient (Wildman–Crippen LogP) is 0.147. The fourth-order valence-corrected chi connectivity index (χ4v) is 1.04. The minimum Gasteiger partial charge on any atom is -0.470 e. The summed E-state index contributed by atoms with van der Waals surface area (Å²) in [7, 11) is 1.17. The van der Waals surface area contributed by atoms with Gasteiger partial charge in [0.2, 0.25) is 0 Å². The highest BCUT2D eigenvalue weighted by atomic mass is 16.6. The highest BCUT2D eigenvalue weighted by molar-refractivity contribution is 5.87. The van der Waals surface area contributed by atoms with Crippen LogP contribution in [-0.4, -0.2) is 41.3 Å². The molecule has 0 aromatic carbocycles. The standard InChI is InChI=1S/C9H10N2O6/c1-16-9(13)6-2-3-7(11(14)15)8(10-6)17-5-4-12/h2-3,12H,4-5H2,1H3. The number of carbonyl (C=O) groups excluding carboxylic acids is 1. The summed E-state index contributed by atoms with van der Waals surface area (Å²) in [5.74, 6) is -1.05. The number of aliphatic hydroxyl groups excluding tert-OH is 1. The molecular weight excluding hydrogens is 232 g/mol. The molecule has 0 saturated carbocycles. The molecule has 0 aliphatic carbocycles. The number of methoxy groups -OCH3 is 1. The van der Waals surface area contributed by atoms with Crippen molar-refractivity contribution in [2.75, 3.05) is 20.3 Å². The van der Waals surface area contributed by atoms with Crippen LogP contribution in [0, 0.1) is 10.1 Å². The van der Waals surface area contributed by atoms with Gasteiger partial charge in [0.25, 0.3) is 5.88 Å². The number of hydrogen-bond donors (Lipinski definition) is 1. The summed E-state index contributed by atoms with van der Waals surface area (Å²) in [5, 5.41) is 19.2. The Balaban J connectivity index is 3.09. The summed E-state index contributed by atoms with van der Waals surface area (Å²) in [6.45, 7) is -0.472. The third kappa shape index (κ3) is 3.11. The van der Waals surface area contributed by atoms with Gasteiger partial charge in [-0.1, -0.05) is 0 Å². The van der Waals surface area contributed by atoms with Crippen LogP contribution in [0.3, 0.4) is 0 Å². The Bertz CT molecular complexity index is 433. The zero-order valence-corrected chi connectivity index (χ0v) is 8.95. The molecule has 8 nitrogen and oxygen atoms in total. The molecule has 0 radical (unpaired) electrons. The molecule has 8 heteroatoms. The minimum atomic E-state index is -0.728. The predicted molar refractivity (Wildman–Crippen MR) is 54.8 cm³/mol. The number of carbonyl (C=O) groups is 1. The van der Waals surface area contributed by atoms with E-state index in [-0.39, 0.29) is 30.5 Å². The maximum absolute atomic E-state index is 11.2. The van der Waals surface area contributed by atoms with Gasteiger partial charge in [0.1, 0.15) is 6.61 Å². The number of rotatable bonds is 5. The summed E-state index contributed by atoms with van der Waals surface area (Å²) in [6.07, 6.45) is 0. The van der Waals surface area contributed by atoms with Gasteiger partial charge in [-0.3, -0.25) is 10.1 Å². The molecule has 0 aliphatic heterocycles. The summed E-state index contributed by atoms with van der Waals surface area (Å²) < 4.78 is 9.29. The van der Waals surface area contributed by atoms with Crippen molar-refractivity contribution < 1.29 is 24.3 Å². The molecular formula is C9H10N2O6. The Kier molecular flexibility index (Phi) is 4.35. The van der Waals surface area contributed by atoms with Gasteiger partial charge in [-0.15, -0.1) is 0 Å². The maximum Gasteiger partial charge on any atom is 0.356 e. The largest absolute Gasteiger partial charge is 0.470 e. The highest BCUT2D eigenvalue weighted by Gasteiger charge is 2.20. The molecule has 0 fully saturated rings. The Hall–Kier alpha value is -2.22. The molecule has 1 rings (SSSR count). The molecule has 0 atom stereocenters. The van der Waals surface area contributed by atoms with E-state index < -0.39 is 10.9 Å². The first-order valence-corrected chi connectivity index (χ1v) is 4.57. The number of hydrogen-bond acceptors (Lipinski definition) is 7. The molecule has 1 aromatic heterocycles. The number of pyridine rings is 1. The lowest BCUT2D eigenvalue weighted by Crippen LogP contribution is -2.09. The van der Waals surface area contributed by atoms with Gasteiger partial charge in [0.15, 0.2) is 5.69 Å². The lowest BCUT2D eigenvalue weighted by Gasteiger charge is -2.05. The van der Waals surface area contributed by atoms with Gasteiger partial charge in [-0.05, 0) is 6.07 Å². The summed E-state index contributed by atoms with van der Waals surface area (Å²) in [5.41, 5.74) is -0.489. The quantitative estimate of drug-likeness (QED) is 0.444. The summed E-state index contributed by atoms with van der Waals surface area (Å²) in [4.78, 5) is 24.8. The van der Waals surface area contributed by atoms with Gasteiger partial charge in [0, 0.05) is 6.07 Å². The third-order valence-electron chi connectivity index (χ3n) is 1.76. The molecule has 0 spiro atoms. The van der Waals surface area contributed by atoms with Gasteiger partial charge in [0.05, 0.1) is 18.6 Å². The van der Waals surface area contributed by atoms with Crippen molar-refractivity contribution in [3.05, 3.63) is 27.9 Å². The number of aliphatic hydroxyl groups is 1. The first-order valence-electron chi connectivity index (χ1n) is 4.57. The molecule has 17 heavy (non-hydrogen) atoms. The second kappa shape index (κ2) is 5.75. The molecule has 0 bridgehead atoms. The van der Waals surface area contributed by atoms with Crippen LogP contribution in [0.15, 0.2) is 12.1 Å². The Morgan fingerprint density at radius 1 is 1.59 bits per heavy atom. The van der Waals surface area contributed by atoms with E-state index in [4.69, 9.17) is 9.84 Å². The molecule has 1 heterocycles. The number of nitrogens with zero attached hydrogens (tertiary/aromatic N) is 2. The second-order valence-corrected chi connectivity index (χ2v) is 2.84. The molecule has 1 N–H and O–H groups in total. The molecule has 92 valence electrons. The Labute approximate surface area is 95.9 Å². The summed E-state index contributed by atoms with van der Waals surface area (Å²) >= 11 is 0. The average molecular weight is 242 g/mol. The van der Waals surface area contributed by atoms with Gasteiger partial charge in [-0.2, -0.15) is 0 Å². The molecule has 0 amide bonds. The van der Waals surface area contributed by atoms with E-state index in [0.717, 1.165) is 12.1 Å². The van der Waals surface area contributed by atoms with Crippen LogP contribution in [-0.2, 0) is 4.74 Å². The van der Waals surface area contributed by atoms with Crippen LogP contribution in [0.1, 0.15) is 10.5 Å². The highest BCUT2D eigenvalue weighted by Crippen LogP contribution is 2.24. The average Bonchev–Trinajstić information content (AvgIpc) is 2.34. The van der Waals surface area contributed by atoms with Gasteiger partial charge in [-0.25, -0.2) is 9.78 Å². The van der Waals surface area contributed by atoms with E-state index in [0.29, 0.717) is 0 Å². The van der Waals surface area contributed by atoms with Gasteiger partial charge >= 0.3 is 11.7 Å². The summed E-state index contributed by atoms with van der Waals surface area (Å²) in [6, 6.07) is 2.25. The number of nitro groups is 1. The third-order valence-corrected chi connectivity index (χ3v) is 1.76. The van der Waals surface area contributed by atoms with E-state index >= 15 is 0 Å². The molecule has 1 aromatic rings. The first-order chi connectivity index (χ1) is 8.10. The van der Waals surface area contributed by atoms with Crippen molar-refractivity contribution >= 4 is 11.7 Å². The Morgan fingerprint density at radius 3 is 2.82 bits per heavy atom. The number of esters is 1. The van der Waals surface area contributed by atoms with Crippen LogP contribution in [0.5, 0.6) is 5.88 Å². The number of ether oxygens (including phenoxy) is 2. The zero-order valence-electron chi connectivity index (χ0n) is 8.95. The normalized spacial score (nSPS) is 9.76. The van der Waals surface area contributed by atoms with Crippen molar-refractivity contribution in [2.24, 2.45) is 0 Å². The molecule has 0 unspecified atom stereocenters. The molecule has 0 saturated heterocycles. The van der Waals surface area contributed by atoms with Crippen LogP contribution in [0.2, 0.25) is 0 Å². The van der Waals surface area contributed by atoms with Crippen molar-refractivity contribution in [1.29, 1.82) is 0 Å². The van der Waals surface area contributed by atoms with Crippen molar-refractivity contribution in [3.63, 3.8) is 0 Å². The van der Waals surface area contributed by atoms with Crippen molar-refractivity contribution in [1.82, 2.24) is 4.98 Å². The van der Waals surface area contributed by atoms with Crippen molar-refractivity contribution in [2.45, 2.75) is 0 Å². The zero-order chi connectivity index (χ0) is 12.8. The van der Waals surface area contributed by atoms with E-state index in [1.165, 1.54) is 7.11 Å². The fraction of sp³-hybridized carbons (Fsp3) is 0.333. The van der Waals surface area contributed by atoms with E-state index in [1.54, 1.807) is 0 Å². The van der Waals surface area contributed by atoms with Crippen LogP contribution < -0.4 is 4.74 Å². The minimum absolute atomic E-state index is 0.106. The van der Waals surface area contributed by atoms with E-state index in [9.17, 15) is 14.9 Å². The lowest BCUT2D eigenvalue weighted by molar-refractivity contribution is -0.386. The van der Waals surface area contributed by atoms with Crippen LogP contribution >= 0.6 is 0 Å². The maximum atomic E-state index is 11.2. The van der Waals surface area contributed by atoms with Crippen LogP contribution in [0.4, 0.5) is 5.69 Å². The number of aromatic nitrogens is 1. The second-order valence-electron chi connectivity index (χ2n) is 2.84. The molecule has 0 aliphatic rings. The fourth-order valence-electron chi connectivity index (χ4n) is 1.04. The monoisotopic (exact) mass is 242 g/mol. The van der Waals surface area contributed by atoms with Gasteiger partial charge < -0.3 is 14.6 Å². The lowest BCUT2D eigenvalue weighted by atomic mass is 10.3. The van der Waals surface area contributed by atoms with Crippen molar-refractivity contribution in [3.8, 4) is 5.88 Å².